The first-order chi connectivity index (χ1) is 13.6. The van der Waals surface area contributed by atoms with Crippen LogP contribution in [-0.2, 0) is 15.8 Å². The van der Waals surface area contributed by atoms with E-state index in [0.29, 0.717) is 0 Å². The Morgan fingerprint density at radius 2 is 2.07 bits per heavy atom. The number of rotatable bonds is 4. The molecule has 1 saturated heterocycles. The smallest absolute Gasteiger partial charge is 0.344 e. The molecular formula is C18H15F3N4O4. The lowest BCUT2D eigenvalue weighted by Crippen LogP contribution is -2.33. The minimum atomic E-state index is -4.57. The molecule has 0 saturated carbocycles. The summed E-state index contributed by atoms with van der Waals surface area (Å²) in [5.74, 6) is -3.61. The number of aromatic nitrogens is 1. The Hall–Kier alpha value is -3.50. The van der Waals surface area contributed by atoms with Crippen molar-refractivity contribution >= 4 is 23.2 Å². The van der Waals surface area contributed by atoms with Crippen molar-refractivity contribution < 1.29 is 27.7 Å². The van der Waals surface area contributed by atoms with Crippen molar-refractivity contribution in [2.75, 3.05) is 18.9 Å². The number of amides is 2. The quantitative estimate of drug-likeness (QED) is 0.476. The normalized spacial score (nSPS) is 19.3. The molecule has 1 fully saturated rings. The molecule has 1 aromatic carbocycles. The number of nitro groups is 1. The number of benzene rings is 1. The maximum atomic E-state index is 13.0. The molecule has 2 amide bonds. The number of likely N-dealkylation sites (tertiary alicyclic amines) is 1. The van der Waals surface area contributed by atoms with Crippen molar-refractivity contribution in [2.24, 2.45) is 5.92 Å². The Balaban J connectivity index is 1.93. The standard InChI is InChI=1S/C18H15F3N4O4/c1-24-9-12(10-3-2-4-11(7-10)18(19,20)21)15(17(24)27)16(26)23-13-8-22-6-5-14(13)25(28)29/h2-8,12,15H,9H2,1H3,(H,23,26)/t12-,15+/m1/s1. The Bertz CT molecular complexity index is 980. The highest BCUT2D eigenvalue weighted by atomic mass is 19.4. The summed E-state index contributed by atoms with van der Waals surface area (Å²) >= 11 is 0. The highest BCUT2D eigenvalue weighted by Crippen LogP contribution is 2.37. The summed E-state index contributed by atoms with van der Waals surface area (Å²) in [6.07, 6.45) is -2.33. The van der Waals surface area contributed by atoms with Crippen LogP contribution in [0.1, 0.15) is 17.0 Å². The van der Waals surface area contributed by atoms with Gasteiger partial charge in [0.15, 0.2) is 0 Å². The van der Waals surface area contributed by atoms with Crippen LogP contribution < -0.4 is 5.32 Å². The van der Waals surface area contributed by atoms with Gasteiger partial charge in [-0.05, 0) is 11.6 Å². The van der Waals surface area contributed by atoms with E-state index in [1.54, 1.807) is 0 Å². The summed E-state index contributed by atoms with van der Waals surface area (Å²) in [5.41, 5.74) is -1.33. The van der Waals surface area contributed by atoms with E-state index in [4.69, 9.17) is 0 Å². The van der Waals surface area contributed by atoms with E-state index in [1.807, 2.05) is 0 Å². The first-order valence-electron chi connectivity index (χ1n) is 8.41. The van der Waals surface area contributed by atoms with Crippen LogP contribution >= 0.6 is 0 Å². The molecule has 2 heterocycles. The monoisotopic (exact) mass is 408 g/mol. The maximum absolute atomic E-state index is 13.0. The van der Waals surface area contributed by atoms with Crippen LogP contribution in [0.4, 0.5) is 24.5 Å². The molecule has 0 spiro atoms. The van der Waals surface area contributed by atoms with Crippen molar-refractivity contribution in [2.45, 2.75) is 12.1 Å². The number of hydrogen-bond donors (Lipinski definition) is 1. The lowest BCUT2D eigenvalue weighted by Gasteiger charge is -2.18. The summed E-state index contributed by atoms with van der Waals surface area (Å²) in [4.78, 5) is 40.6. The van der Waals surface area contributed by atoms with E-state index in [9.17, 15) is 32.9 Å². The number of pyridine rings is 1. The molecule has 0 radical (unpaired) electrons. The molecule has 11 heteroatoms. The van der Waals surface area contributed by atoms with Gasteiger partial charge >= 0.3 is 6.18 Å². The van der Waals surface area contributed by atoms with Gasteiger partial charge < -0.3 is 10.2 Å². The minimum absolute atomic E-state index is 0.0351. The van der Waals surface area contributed by atoms with Crippen LogP contribution in [0.15, 0.2) is 42.7 Å². The molecule has 1 aliphatic rings. The van der Waals surface area contributed by atoms with Crippen LogP contribution in [-0.4, -0.2) is 40.2 Å². The molecule has 0 unspecified atom stereocenters. The highest BCUT2D eigenvalue weighted by Gasteiger charge is 2.45. The molecule has 2 aromatic rings. The Labute approximate surface area is 162 Å². The number of hydrogen-bond acceptors (Lipinski definition) is 5. The minimum Gasteiger partial charge on any atom is -0.344 e. The SMILES string of the molecule is CN1C[C@H](c2cccc(C(F)(F)F)c2)[C@@H](C(=O)Nc2cnccc2[N+](=O)[O-])C1=O. The number of alkyl halides is 3. The van der Waals surface area contributed by atoms with Crippen LogP contribution in [0, 0.1) is 16.0 Å². The summed E-state index contributed by atoms with van der Waals surface area (Å²) in [6.45, 7) is 0.0351. The summed E-state index contributed by atoms with van der Waals surface area (Å²) in [6, 6.07) is 5.52. The molecule has 29 heavy (non-hydrogen) atoms. The van der Waals surface area contributed by atoms with Gasteiger partial charge in [-0.2, -0.15) is 13.2 Å². The molecule has 2 atom stereocenters. The van der Waals surface area contributed by atoms with Crippen LogP contribution in [0.2, 0.25) is 0 Å². The summed E-state index contributed by atoms with van der Waals surface area (Å²) in [7, 11) is 1.43. The zero-order chi connectivity index (χ0) is 21.3. The number of nitrogens with zero attached hydrogens (tertiary/aromatic N) is 3. The lowest BCUT2D eigenvalue weighted by atomic mass is 9.87. The van der Waals surface area contributed by atoms with E-state index in [-0.39, 0.29) is 17.8 Å². The first kappa shape index (κ1) is 20.2. The zero-order valence-electron chi connectivity index (χ0n) is 15.0. The number of nitrogens with one attached hydrogen (secondary N) is 1. The van der Waals surface area contributed by atoms with Gasteiger partial charge in [-0.1, -0.05) is 18.2 Å². The maximum Gasteiger partial charge on any atom is 0.416 e. The number of carbonyl (C=O) groups excluding carboxylic acids is 2. The number of likely N-dealkylation sites (N-methyl/N-ethyl adjacent to an activating group) is 1. The van der Waals surface area contributed by atoms with E-state index >= 15 is 0 Å². The molecule has 0 bridgehead atoms. The van der Waals surface area contributed by atoms with Crippen LogP contribution in [0.5, 0.6) is 0 Å². The average Bonchev–Trinajstić information content (AvgIpc) is 2.96. The third-order valence-electron chi connectivity index (χ3n) is 4.69. The average molecular weight is 408 g/mol. The van der Waals surface area contributed by atoms with Gasteiger partial charge in [-0.3, -0.25) is 24.7 Å². The molecule has 1 aromatic heterocycles. The molecule has 152 valence electrons. The van der Waals surface area contributed by atoms with Crippen molar-refractivity contribution in [1.82, 2.24) is 9.88 Å². The van der Waals surface area contributed by atoms with Gasteiger partial charge in [0.05, 0.1) is 16.7 Å². The Kier molecular flexibility index (Phi) is 5.23. The van der Waals surface area contributed by atoms with Crippen LogP contribution in [0.3, 0.4) is 0 Å². The van der Waals surface area contributed by atoms with Gasteiger partial charge in [0.1, 0.15) is 11.6 Å². The molecule has 3 rings (SSSR count). The second-order valence-electron chi connectivity index (χ2n) is 6.57. The zero-order valence-corrected chi connectivity index (χ0v) is 15.0. The fourth-order valence-corrected chi connectivity index (χ4v) is 3.29. The highest BCUT2D eigenvalue weighted by molar-refractivity contribution is 6.09. The fraction of sp³-hybridized carbons (Fsp3) is 0.278. The fourth-order valence-electron chi connectivity index (χ4n) is 3.29. The Morgan fingerprint density at radius 3 is 2.72 bits per heavy atom. The van der Waals surface area contributed by atoms with E-state index in [0.717, 1.165) is 24.4 Å². The van der Waals surface area contributed by atoms with Crippen molar-refractivity contribution in [1.29, 1.82) is 0 Å². The second kappa shape index (κ2) is 7.49. The molecule has 1 aliphatic heterocycles. The first-order valence-corrected chi connectivity index (χ1v) is 8.41. The number of anilines is 1. The number of halogens is 3. The van der Waals surface area contributed by atoms with Crippen molar-refractivity contribution in [3.05, 3.63) is 64.0 Å². The summed E-state index contributed by atoms with van der Waals surface area (Å²) in [5, 5.41) is 13.4. The summed E-state index contributed by atoms with van der Waals surface area (Å²) < 4.78 is 39.1. The van der Waals surface area contributed by atoms with Gasteiger partial charge in [0, 0.05) is 31.8 Å². The van der Waals surface area contributed by atoms with Gasteiger partial charge in [-0.15, -0.1) is 0 Å². The van der Waals surface area contributed by atoms with Crippen LogP contribution in [0.25, 0.3) is 0 Å². The van der Waals surface area contributed by atoms with Gasteiger partial charge in [-0.25, -0.2) is 0 Å². The van der Waals surface area contributed by atoms with E-state index < -0.39 is 46.0 Å². The largest absolute Gasteiger partial charge is 0.416 e. The van der Waals surface area contributed by atoms with Crippen molar-refractivity contribution in [3.63, 3.8) is 0 Å². The number of carbonyl (C=O) groups is 2. The predicted molar refractivity (Wildman–Crippen MR) is 94.8 cm³/mol. The molecular weight excluding hydrogens is 393 g/mol. The predicted octanol–water partition coefficient (Wildman–Crippen LogP) is 2.82. The third-order valence-corrected chi connectivity index (χ3v) is 4.69. The molecule has 1 N–H and O–H groups in total. The molecule has 8 nitrogen and oxygen atoms in total. The molecule has 0 aliphatic carbocycles. The van der Waals surface area contributed by atoms with E-state index in [1.165, 1.54) is 30.3 Å². The second-order valence-corrected chi connectivity index (χ2v) is 6.57. The third kappa shape index (κ3) is 4.03. The topological polar surface area (TPSA) is 105 Å². The lowest BCUT2D eigenvalue weighted by molar-refractivity contribution is -0.384. The Morgan fingerprint density at radius 1 is 1.34 bits per heavy atom. The van der Waals surface area contributed by atoms with Crippen molar-refractivity contribution in [3.8, 4) is 0 Å². The van der Waals surface area contributed by atoms with Gasteiger partial charge in [0.2, 0.25) is 11.8 Å². The van der Waals surface area contributed by atoms with Gasteiger partial charge in [0.25, 0.3) is 5.69 Å². The van der Waals surface area contributed by atoms with E-state index in [2.05, 4.69) is 10.3 Å².